The molecule has 0 aliphatic carbocycles. The number of aryl methyl sites for hydroxylation is 3. The van der Waals surface area contributed by atoms with Crippen LogP contribution in [0.3, 0.4) is 0 Å². The Morgan fingerprint density at radius 2 is 2.00 bits per heavy atom. The topological polar surface area (TPSA) is 82.7 Å². The van der Waals surface area contributed by atoms with Crippen LogP contribution in [0.5, 0.6) is 0 Å². The van der Waals surface area contributed by atoms with Crippen molar-refractivity contribution < 1.29 is 9.52 Å². The van der Waals surface area contributed by atoms with Crippen molar-refractivity contribution in [2.45, 2.75) is 46.8 Å². The molecule has 0 saturated carbocycles. The van der Waals surface area contributed by atoms with E-state index in [9.17, 15) is 5.11 Å². The first-order valence-corrected chi connectivity index (χ1v) is 8.56. The molecule has 2 heterocycles. The number of nitrogens with one attached hydrogen (secondary N) is 2. The average molecular weight is 472 g/mol. The number of furan rings is 1. The Labute approximate surface area is 172 Å². The maximum atomic E-state index is 10.8. The van der Waals surface area contributed by atoms with Crippen LogP contribution in [0.15, 0.2) is 33.7 Å². The van der Waals surface area contributed by atoms with Crippen LogP contribution in [-0.2, 0) is 12.1 Å². The summed E-state index contributed by atoms with van der Waals surface area (Å²) in [5.74, 6) is 2.16. The van der Waals surface area contributed by atoms with Gasteiger partial charge in [-0.2, -0.15) is 0 Å². The molecule has 0 amide bonds. The Morgan fingerprint density at radius 3 is 2.58 bits per heavy atom. The molecule has 0 aliphatic heterocycles. The fourth-order valence-electron chi connectivity index (χ4n) is 2.71. The first-order chi connectivity index (χ1) is 11.8. The van der Waals surface area contributed by atoms with E-state index in [0.29, 0.717) is 19.0 Å². The number of rotatable bonds is 6. The second kappa shape index (κ2) is 9.91. The Balaban J connectivity index is 0.00000338. The molecule has 0 fully saturated rings. The molecule has 1 unspecified atom stereocenters. The van der Waals surface area contributed by atoms with Crippen LogP contribution < -0.4 is 10.6 Å². The highest BCUT2D eigenvalue weighted by molar-refractivity contribution is 14.0. The van der Waals surface area contributed by atoms with Crippen molar-refractivity contribution >= 4 is 29.9 Å². The van der Waals surface area contributed by atoms with Crippen LogP contribution in [-0.4, -0.2) is 29.1 Å². The van der Waals surface area contributed by atoms with Gasteiger partial charge in [-0.15, -0.1) is 24.0 Å². The molecule has 1 atom stereocenters. The summed E-state index contributed by atoms with van der Waals surface area (Å²) in [6, 6.07) is 7.76. The number of aromatic nitrogens is 1. The van der Waals surface area contributed by atoms with E-state index in [2.05, 4.69) is 20.6 Å². The highest BCUT2D eigenvalue weighted by Crippen LogP contribution is 2.26. The summed E-state index contributed by atoms with van der Waals surface area (Å²) in [5.41, 5.74) is 1.61. The summed E-state index contributed by atoms with van der Waals surface area (Å²) >= 11 is 0. The second-order valence-electron chi connectivity index (χ2n) is 6.42. The van der Waals surface area contributed by atoms with Crippen molar-refractivity contribution in [2.24, 2.45) is 4.99 Å². The molecule has 0 spiro atoms. The molecule has 26 heavy (non-hydrogen) atoms. The third-order valence-electron chi connectivity index (χ3n) is 3.91. The summed E-state index contributed by atoms with van der Waals surface area (Å²) < 4.78 is 5.53. The van der Waals surface area contributed by atoms with Crippen molar-refractivity contribution in [3.05, 3.63) is 52.7 Å². The van der Waals surface area contributed by atoms with Crippen molar-refractivity contribution in [2.75, 3.05) is 13.1 Å². The lowest BCUT2D eigenvalue weighted by molar-refractivity contribution is 0.0601. The molecule has 0 aliphatic rings. The predicted octanol–water partition coefficient (Wildman–Crippen LogP) is 3.18. The first kappa shape index (κ1) is 22.4. The predicted molar refractivity (Wildman–Crippen MR) is 115 cm³/mol. The Kier molecular flexibility index (Phi) is 8.55. The fourth-order valence-corrected chi connectivity index (χ4v) is 2.71. The zero-order valence-corrected chi connectivity index (χ0v) is 18.4. The number of nitrogens with zero attached hydrogens (tertiary/aromatic N) is 2. The van der Waals surface area contributed by atoms with Gasteiger partial charge in [0.2, 0.25) is 0 Å². The highest BCUT2D eigenvalue weighted by atomic mass is 127. The first-order valence-electron chi connectivity index (χ1n) is 8.56. The molecule has 0 aromatic carbocycles. The monoisotopic (exact) mass is 472 g/mol. The molecule has 2 rings (SSSR count). The SMILES string of the molecule is CCNC(=NCc1cccc(C)n1)NCC(C)(O)c1cc(C)oc1C.I. The lowest BCUT2D eigenvalue weighted by atomic mass is 9.96. The molecule has 144 valence electrons. The molecular formula is C19H29IN4O2. The largest absolute Gasteiger partial charge is 0.466 e. The molecule has 0 saturated heterocycles. The van der Waals surface area contributed by atoms with Crippen LogP contribution in [0, 0.1) is 20.8 Å². The Hall–Kier alpha value is -1.61. The summed E-state index contributed by atoms with van der Waals surface area (Å²) in [6.45, 7) is 11.0. The highest BCUT2D eigenvalue weighted by Gasteiger charge is 2.27. The van der Waals surface area contributed by atoms with E-state index in [1.165, 1.54) is 0 Å². The molecule has 6 nitrogen and oxygen atoms in total. The van der Waals surface area contributed by atoms with Gasteiger partial charge < -0.3 is 20.2 Å². The van der Waals surface area contributed by atoms with E-state index in [-0.39, 0.29) is 24.0 Å². The number of halogens is 1. The summed E-state index contributed by atoms with van der Waals surface area (Å²) in [4.78, 5) is 9.00. The van der Waals surface area contributed by atoms with Crippen LogP contribution in [0.2, 0.25) is 0 Å². The van der Waals surface area contributed by atoms with Gasteiger partial charge in [0, 0.05) is 17.8 Å². The van der Waals surface area contributed by atoms with Gasteiger partial charge in [-0.3, -0.25) is 4.98 Å². The average Bonchev–Trinajstić information content (AvgIpc) is 2.89. The van der Waals surface area contributed by atoms with Gasteiger partial charge in [0.15, 0.2) is 5.96 Å². The van der Waals surface area contributed by atoms with Crippen molar-refractivity contribution in [3.63, 3.8) is 0 Å². The quantitative estimate of drug-likeness (QED) is 0.342. The van der Waals surface area contributed by atoms with Gasteiger partial charge in [0.1, 0.15) is 17.1 Å². The number of hydrogen-bond acceptors (Lipinski definition) is 4. The summed E-state index contributed by atoms with van der Waals surface area (Å²) in [7, 11) is 0. The Bertz CT molecular complexity index is 741. The number of hydrogen-bond donors (Lipinski definition) is 3. The van der Waals surface area contributed by atoms with Gasteiger partial charge >= 0.3 is 0 Å². The second-order valence-corrected chi connectivity index (χ2v) is 6.42. The van der Waals surface area contributed by atoms with Gasteiger partial charge in [-0.1, -0.05) is 6.07 Å². The Morgan fingerprint density at radius 1 is 1.27 bits per heavy atom. The van der Waals surface area contributed by atoms with E-state index < -0.39 is 5.60 Å². The lowest BCUT2D eigenvalue weighted by Gasteiger charge is -2.24. The number of aliphatic imine (C=N–C) groups is 1. The standard InChI is InChI=1S/C19H28N4O2.HI/c1-6-20-18(21-11-16-9-7-8-13(2)23-16)22-12-19(5,24)17-10-14(3)25-15(17)4;/h7-10,24H,6,11-12H2,1-5H3,(H2,20,21,22);1H. The number of guanidine groups is 1. The van der Waals surface area contributed by atoms with E-state index in [1.807, 2.05) is 52.0 Å². The maximum absolute atomic E-state index is 10.8. The van der Waals surface area contributed by atoms with Crippen molar-refractivity contribution in [3.8, 4) is 0 Å². The molecular weight excluding hydrogens is 443 g/mol. The minimum Gasteiger partial charge on any atom is -0.466 e. The normalized spacial score (nSPS) is 13.7. The third kappa shape index (κ3) is 6.28. The van der Waals surface area contributed by atoms with Gasteiger partial charge in [0.25, 0.3) is 0 Å². The zero-order valence-electron chi connectivity index (χ0n) is 16.1. The summed E-state index contributed by atoms with van der Waals surface area (Å²) in [5, 5.41) is 17.2. The van der Waals surface area contributed by atoms with Crippen LogP contribution in [0.1, 0.15) is 42.3 Å². The molecule has 2 aromatic heterocycles. The van der Waals surface area contributed by atoms with Crippen molar-refractivity contribution in [1.29, 1.82) is 0 Å². The maximum Gasteiger partial charge on any atom is 0.191 e. The number of aliphatic hydroxyl groups is 1. The minimum atomic E-state index is -1.06. The van der Waals surface area contributed by atoms with Gasteiger partial charge in [0.05, 0.1) is 18.8 Å². The van der Waals surface area contributed by atoms with Crippen LogP contribution >= 0.6 is 24.0 Å². The van der Waals surface area contributed by atoms with E-state index in [0.717, 1.165) is 35.0 Å². The van der Waals surface area contributed by atoms with Crippen molar-refractivity contribution in [1.82, 2.24) is 15.6 Å². The van der Waals surface area contributed by atoms with E-state index in [1.54, 1.807) is 6.92 Å². The molecule has 7 heteroatoms. The smallest absolute Gasteiger partial charge is 0.191 e. The molecule has 0 bridgehead atoms. The summed E-state index contributed by atoms with van der Waals surface area (Å²) in [6.07, 6.45) is 0. The molecule has 2 aromatic rings. The number of pyridine rings is 1. The third-order valence-corrected chi connectivity index (χ3v) is 3.91. The van der Waals surface area contributed by atoms with E-state index in [4.69, 9.17) is 4.42 Å². The van der Waals surface area contributed by atoms with Crippen LogP contribution in [0.25, 0.3) is 0 Å². The fraction of sp³-hybridized carbons (Fsp3) is 0.474. The van der Waals surface area contributed by atoms with Gasteiger partial charge in [-0.25, -0.2) is 4.99 Å². The minimum absolute atomic E-state index is 0. The lowest BCUT2D eigenvalue weighted by Crippen LogP contribution is -2.44. The molecule has 0 radical (unpaired) electrons. The molecule has 3 N–H and O–H groups in total. The van der Waals surface area contributed by atoms with E-state index >= 15 is 0 Å². The zero-order chi connectivity index (χ0) is 18.4. The van der Waals surface area contributed by atoms with Crippen LogP contribution in [0.4, 0.5) is 0 Å². The van der Waals surface area contributed by atoms with Gasteiger partial charge in [-0.05, 0) is 52.8 Å².